The zero-order valence-electron chi connectivity index (χ0n) is 11.6. The Morgan fingerprint density at radius 3 is 2.58 bits per heavy atom. The van der Waals surface area contributed by atoms with Crippen molar-refractivity contribution in [2.24, 2.45) is 10.6 Å². The normalized spacial score (nSPS) is 12.1. The minimum Gasteiger partial charge on any atom is -0.323 e. The second kappa shape index (κ2) is 7.13. The highest BCUT2D eigenvalue weighted by Gasteiger charge is 2.20. The number of nitrogens with zero attached hydrogens (tertiary/aromatic N) is 2. The Hall–Kier alpha value is -1.56. The SMILES string of the molecule is CNC(=O)O/N=C(/CSc1ccncc1)C(C)(C)C. The Kier molecular flexibility index (Phi) is 5.82. The van der Waals surface area contributed by atoms with E-state index in [-0.39, 0.29) is 5.41 Å². The van der Waals surface area contributed by atoms with Gasteiger partial charge in [-0.3, -0.25) is 9.82 Å². The number of pyridine rings is 1. The van der Waals surface area contributed by atoms with Crippen molar-refractivity contribution >= 4 is 23.6 Å². The molecule has 19 heavy (non-hydrogen) atoms. The molecule has 0 atom stereocenters. The first kappa shape index (κ1) is 15.5. The highest BCUT2D eigenvalue weighted by molar-refractivity contribution is 8.00. The number of oxime groups is 1. The number of hydrogen-bond acceptors (Lipinski definition) is 5. The van der Waals surface area contributed by atoms with Crippen LogP contribution < -0.4 is 5.32 Å². The van der Waals surface area contributed by atoms with Gasteiger partial charge in [0.1, 0.15) is 0 Å². The molecule has 0 spiro atoms. The number of nitrogens with one attached hydrogen (secondary N) is 1. The zero-order valence-corrected chi connectivity index (χ0v) is 12.5. The maximum atomic E-state index is 11.1. The number of amides is 1. The molecule has 0 fully saturated rings. The number of carbonyl (C=O) groups is 1. The third-order valence-electron chi connectivity index (χ3n) is 2.33. The smallest absolute Gasteiger partial charge is 0.323 e. The molecule has 1 aromatic heterocycles. The van der Waals surface area contributed by atoms with Gasteiger partial charge in [0.05, 0.1) is 5.71 Å². The maximum Gasteiger partial charge on any atom is 0.433 e. The van der Waals surface area contributed by atoms with Gasteiger partial charge in [-0.15, -0.1) is 11.8 Å². The van der Waals surface area contributed by atoms with Crippen molar-refractivity contribution in [3.05, 3.63) is 24.5 Å². The highest BCUT2D eigenvalue weighted by Crippen LogP contribution is 2.24. The number of rotatable bonds is 4. The number of thioether (sulfide) groups is 1. The van der Waals surface area contributed by atoms with Crippen molar-refractivity contribution in [3.63, 3.8) is 0 Å². The second-order valence-electron chi connectivity index (χ2n) is 4.89. The number of carbonyl (C=O) groups excluding carboxylic acids is 1. The van der Waals surface area contributed by atoms with Crippen LogP contribution in [0.4, 0.5) is 4.79 Å². The summed E-state index contributed by atoms with van der Waals surface area (Å²) in [4.78, 5) is 20.9. The van der Waals surface area contributed by atoms with Gasteiger partial charge in [0.25, 0.3) is 0 Å². The number of aromatic nitrogens is 1. The summed E-state index contributed by atoms with van der Waals surface area (Å²) in [7, 11) is 1.50. The van der Waals surface area contributed by atoms with E-state index in [1.807, 2.05) is 32.9 Å². The fourth-order valence-corrected chi connectivity index (χ4v) is 2.21. The molecule has 0 saturated carbocycles. The van der Waals surface area contributed by atoms with Crippen molar-refractivity contribution in [3.8, 4) is 0 Å². The summed E-state index contributed by atoms with van der Waals surface area (Å²) in [5.41, 5.74) is 0.659. The van der Waals surface area contributed by atoms with Crippen molar-refractivity contribution in [2.75, 3.05) is 12.8 Å². The summed E-state index contributed by atoms with van der Waals surface area (Å²) in [5, 5.41) is 6.31. The molecule has 0 radical (unpaired) electrons. The van der Waals surface area contributed by atoms with Crippen LogP contribution in [0.1, 0.15) is 20.8 Å². The quantitative estimate of drug-likeness (QED) is 0.399. The van der Waals surface area contributed by atoms with Crippen LogP contribution >= 0.6 is 11.8 Å². The summed E-state index contributed by atoms with van der Waals surface area (Å²) in [6.45, 7) is 6.10. The second-order valence-corrected chi connectivity index (χ2v) is 5.94. The van der Waals surface area contributed by atoms with Crippen LogP contribution in [0.3, 0.4) is 0 Å². The molecule has 1 heterocycles. The molecule has 1 amide bonds. The first-order valence-corrected chi connectivity index (χ1v) is 6.91. The highest BCUT2D eigenvalue weighted by atomic mass is 32.2. The van der Waals surface area contributed by atoms with Crippen LogP contribution in [-0.2, 0) is 4.84 Å². The van der Waals surface area contributed by atoms with Crippen LogP contribution in [0.25, 0.3) is 0 Å². The molecule has 5 nitrogen and oxygen atoms in total. The van der Waals surface area contributed by atoms with E-state index in [4.69, 9.17) is 4.84 Å². The van der Waals surface area contributed by atoms with Gasteiger partial charge in [0.15, 0.2) is 0 Å². The first-order valence-electron chi connectivity index (χ1n) is 5.92. The molecule has 1 aromatic rings. The Labute approximate surface area is 117 Å². The lowest BCUT2D eigenvalue weighted by molar-refractivity contribution is 0.152. The minimum atomic E-state index is -0.560. The van der Waals surface area contributed by atoms with E-state index < -0.39 is 6.09 Å². The molecule has 0 bridgehead atoms. The molecule has 6 heteroatoms. The molecule has 0 saturated heterocycles. The zero-order chi connectivity index (χ0) is 14.3. The van der Waals surface area contributed by atoms with Crippen molar-refractivity contribution in [1.82, 2.24) is 10.3 Å². The van der Waals surface area contributed by atoms with Crippen molar-refractivity contribution in [2.45, 2.75) is 25.7 Å². The van der Waals surface area contributed by atoms with E-state index in [9.17, 15) is 4.79 Å². The lowest BCUT2D eigenvalue weighted by Gasteiger charge is -2.20. The average molecular weight is 281 g/mol. The van der Waals surface area contributed by atoms with Gasteiger partial charge in [-0.2, -0.15) is 0 Å². The van der Waals surface area contributed by atoms with E-state index in [1.54, 1.807) is 24.2 Å². The van der Waals surface area contributed by atoms with Crippen molar-refractivity contribution < 1.29 is 9.63 Å². The summed E-state index contributed by atoms with van der Waals surface area (Å²) in [5.74, 6) is 0.657. The number of hydrogen-bond donors (Lipinski definition) is 1. The van der Waals surface area contributed by atoms with Crippen LogP contribution in [0.2, 0.25) is 0 Å². The largest absolute Gasteiger partial charge is 0.433 e. The van der Waals surface area contributed by atoms with E-state index in [0.717, 1.165) is 10.6 Å². The molecule has 104 valence electrons. The van der Waals surface area contributed by atoms with Crippen molar-refractivity contribution in [1.29, 1.82) is 0 Å². The van der Waals surface area contributed by atoms with Gasteiger partial charge in [-0.1, -0.05) is 25.9 Å². The summed E-state index contributed by atoms with van der Waals surface area (Å²) < 4.78 is 0. The molecule has 0 aliphatic rings. The Morgan fingerprint density at radius 1 is 1.42 bits per heavy atom. The molecule has 0 unspecified atom stereocenters. The third-order valence-corrected chi connectivity index (χ3v) is 3.36. The van der Waals surface area contributed by atoms with E-state index in [1.165, 1.54) is 7.05 Å². The van der Waals surface area contributed by atoms with Crippen LogP contribution in [-0.4, -0.2) is 29.6 Å². The van der Waals surface area contributed by atoms with E-state index in [2.05, 4.69) is 15.5 Å². The molecule has 1 rings (SSSR count). The topological polar surface area (TPSA) is 63.6 Å². The summed E-state index contributed by atoms with van der Waals surface area (Å²) in [6.07, 6.45) is 2.94. The molecular weight excluding hydrogens is 262 g/mol. The fraction of sp³-hybridized carbons (Fsp3) is 0.462. The molecular formula is C13H19N3O2S. The van der Waals surface area contributed by atoms with Gasteiger partial charge >= 0.3 is 6.09 Å². The standard InChI is InChI=1S/C13H19N3O2S/c1-13(2,3)11(16-18-12(17)14-4)9-19-10-5-7-15-8-6-10/h5-8H,9H2,1-4H3,(H,14,17)/b16-11-. The molecule has 0 aromatic carbocycles. The Balaban J connectivity index is 2.68. The van der Waals surface area contributed by atoms with Gasteiger partial charge in [0, 0.05) is 35.5 Å². The molecule has 1 N–H and O–H groups in total. The van der Waals surface area contributed by atoms with Crippen LogP contribution in [0.15, 0.2) is 34.6 Å². The van der Waals surface area contributed by atoms with Gasteiger partial charge in [-0.05, 0) is 12.1 Å². The summed E-state index contributed by atoms with van der Waals surface area (Å²) in [6, 6.07) is 3.87. The average Bonchev–Trinajstić information content (AvgIpc) is 2.38. The maximum absolute atomic E-state index is 11.1. The lowest BCUT2D eigenvalue weighted by Crippen LogP contribution is -2.25. The Bertz CT molecular complexity index is 441. The lowest BCUT2D eigenvalue weighted by atomic mass is 9.91. The predicted octanol–water partition coefficient (Wildman–Crippen LogP) is 2.93. The predicted molar refractivity (Wildman–Crippen MR) is 77.4 cm³/mol. The van der Waals surface area contributed by atoms with Crippen LogP contribution in [0.5, 0.6) is 0 Å². The fourth-order valence-electron chi connectivity index (χ4n) is 1.11. The molecule has 0 aliphatic heterocycles. The Morgan fingerprint density at radius 2 is 2.05 bits per heavy atom. The molecule has 0 aliphatic carbocycles. The van der Waals surface area contributed by atoms with E-state index in [0.29, 0.717) is 5.75 Å². The third kappa shape index (κ3) is 5.74. The minimum absolute atomic E-state index is 0.159. The van der Waals surface area contributed by atoms with Gasteiger partial charge in [0.2, 0.25) is 0 Å². The first-order chi connectivity index (χ1) is 8.93. The van der Waals surface area contributed by atoms with Gasteiger partial charge < -0.3 is 5.32 Å². The monoisotopic (exact) mass is 281 g/mol. The van der Waals surface area contributed by atoms with Crippen LogP contribution in [0, 0.1) is 5.41 Å². The summed E-state index contributed by atoms with van der Waals surface area (Å²) >= 11 is 1.63. The van der Waals surface area contributed by atoms with E-state index >= 15 is 0 Å². The van der Waals surface area contributed by atoms with Gasteiger partial charge in [-0.25, -0.2) is 4.79 Å².